The van der Waals surface area contributed by atoms with E-state index in [0.29, 0.717) is 40.9 Å². The van der Waals surface area contributed by atoms with E-state index in [1.54, 1.807) is 36.4 Å². The minimum Gasteiger partial charge on any atom is -0.494 e. The van der Waals surface area contributed by atoms with Crippen molar-refractivity contribution in [3.8, 4) is 5.75 Å². The van der Waals surface area contributed by atoms with Gasteiger partial charge in [-0.05, 0) is 79.2 Å². The molecule has 2 N–H and O–H groups in total. The number of pyridine rings is 1. The Morgan fingerprint density at radius 2 is 1.80 bits per heavy atom. The van der Waals surface area contributed by atoms with Crippen LogP contribution in [0.15, 0.2) is 83.0 Å². The molecule has 0 aliphatic carbocycles. The zero-order valence-corrected chi connectivity index (χ0v) is 22.9. The highest BCUT2D eigenvalue weighted by Crippen LogP contribution is 2.39. The van der Waals surface area contributed by atoms with Crippen LogP contribution >= 0.6 is 11.3 Å². The van der Waals surface area contributed by atoms with Gasteiger partial charge in [-0.2, -0.15) is 0 Å². The van der Waals surface area contributed by atoms with Crippen LogP contribution in [0.3, 0.4) is 0 Å². The quantitative estimate of drug-likeness (QED) is 0.318. The van der Waals surface area contributed by atoms with Crippen molar-refractivity contribution in [1.82, 2.24) is 4.57 Å². The third-order valence-electron chi connectivity index (χ3n) is 7.50. The maximum atomic E-state index is 13.2. The molecule has 1 saturated heterocycles. The Balaban J connectivity index is 1.29. The molecule has 2 aliphatic heterocycles. The summed E-state index contributed by atoms with van der Waals surface area (Å²) in [5.41, 5.74) is 3.65. The minimum absolute atomic E-state index is 0.0486. The maximum Gasteiger partial charge on any atom is 0.265 e. The highest BCUT2D eigenvalue weighted by Gasteiger charge is 2.35. The predicted molar refractivity (Wildman–Crippen MR) is 158 cm³/mol. The Kier molecular flexibility index (Phi) is 7.13. The third kappa shape index (κ3) is 5.24. The van der Waals surface area contributed by atoms with Gasteiger partial charge in [0, 0.05) is 48.6 Å². The first-order valence-electron chi connectivity index (χ1n) is 13.5. The van der Waals surface area contributed by atoms with Crippen molar-refractivity contribution in [2.75, 3.05) is 35.2 Å². The third-order valence-corrected chi connectivity index (χ3v) is 8.36. The topological polar surface area (TPSA) is 92.7 Å². The van der Waals surface area contributed by atoms with E-state index in [9.17, 15) is 14.4 Å². The number of hydrogen-bond donors (Lipinski definition) is 2. The second kappa shape index (κ2) is 11.0. The van der Waals surface area contributed by atoms with Gasteiger partial charge >= 0.3 is 0 Å². The van der Waals surface area contributed by atoms with Crippen LogP contribution in [0.2, 0.25) is 0 Å². The molecule has 4 heterocycles. The summed E-state index contributed by atoms with van der Waals surface area (Å²) in [6.45, 7) is 4.66. The van der Waals surface area contributed by atoms with E-state index in [-0.39, 0.29) is 23.3 Å². The summed E-state index contributed by atoms with van der Waals surface area (Å²) < 4.78 is 7.39. The number of benzene rings is 2. The van der Waals surface area contributed by atoms with Gasteiger partial charge in [0.05, 0.1) is 22.9 Å². The van der Waals surface area contributed by atoms with Gasteiger partial charge in [-0.25, -0.2) is 0 Å². The molecule has 0 radical (unpaired) electrons. The fourth-order valence-corrected chi connectivity index (χ4v) is 6.36. The van der Waals surface area contributed by atoms with Crippen LogP contribution in [-0.4, -0.2) is 36.1 Å². The molecule has 0 spiro atoms. The molecule has 2 atom stereocenters. The first kappa shape index (κ1) is 25.9. The van der Waals surface area contributed by atoms with Gasteiger partial charge in [0.1, 0.15) is 5.75 Å². The van der Waals surface area contributed by atoms with Crippen LogP contribution in [0.25, 0.3) is 0 Å². The van der Waals surface area contributed by atoms with Crippen LogP contribution in [0.4, 0.5) is 17.1 Å². The Morgan fingerprint density at radius 1 is 0.950 bits per heavy atom. The van der Waals surface area contributed by atoms with Crippen LogP contribution in [-0.2, 0) is 6.54 Å². The number of rotatable bonds is 7. The van der Waals surface area contributed by atoms with E-state index in [1.165, 1.54) is 11.3 Å². The number of fused-ring (bicyclic) bond motifs is 4. The molecule has 8 nitrogen and oxygen atoms in total. The average molecular weight is 555 g/mol. The lowest BCUT2D eigenvalue weighted by atomic mass is 9.83. The molecule has 2 aliphatic rings. The molecular weight excluding hydrogens is 524 g/mol. The number of piperidine rings is 1. The largest absolute Gasteiger partial charge is 0.494 e. The van der Waals surface area contributed by atoms with Gasteiger partial charge in [-0.15, -0.1) is 11.3 Å². The van der Waals surface area contributed by atoms with Gasteiger partial charge in [-0.1, -0.05) is 12.1 Å². The van der Waals surface area contributed by atoms with Crippen LogP contribution < -0.4 is 25.8 Å². The van der Waals surface area contributed by atoms with Gasteiger partial charge in [-0.3, -0.25) is 14.4 Å². The van der Waals surface area contributed by atoms with E-state index < -0.39 is 0 Å². The van der Waals surface area contributed by atoms with Crippen molar-refractivity contribution in [3.63, 3.8) is 0 Å². The fourth-order valence-electron chi connectivity index (χ4n) is 5.74. The van der Waals surface area contributed by atoms with Crippen LogP contribution in [0, 0.1) is 5.92 Å². The molecule has 6 rings (SSSR count). The highest BCUT2D eigenvalue weighted by molar-refractivity contribution is 7.12. The molecule has 2 aromatic carbocycles. The molecule has 204 valence electrons. The first-order valence-corrected chi connectivity index (χ1v) is 14.3. The Morgan fingerprint density at radius 3 is 2.58 bits per heavy atom. The van der Waals surface area contributed by atoms with Crippen LogP contribution in [0.5, 0.6) is 5.75 Å². The van der Waals surface area contributed by atoms with Crippen molar-refractivity contribution in [2.45, 2.75) is 25.8 Å². The summed E-state index contributed by atoms with van der Waals surface area (Å²) >= 11 is 1.37. The number of amides is 2. The number of hydrogen-bond acceptors (Lipinski definition) is 6. The summed E-state index contributed by atoms with van der Waals surface area (Å²) in [7, 11) is 0. The molecule has 1 fully saturated rings. The number of aromatic nitrogens is 1. The lowest BCUT2D eigenvalue weighted by Gasteiger charge is -2.44. The van der Waals surface area contributed by atoms with Gasteiger partial charge in [0.15, 0.2) is 0 Å². The maximum absolute atomic E-state index is 13.2. The van der Waals surface area contributed by atoms with Gasteiger partial charge in [0.2, 0.25) is 0 Å². The van der Waals surface area contributed by atoms with Crippen LogP contribution in [0.1, 0.15) is 45.0 Å². The Hall–Kier alpha value is -4.37. The molecule has 40 heavy (non-hydrogen) atoms. The molecular formula is C31H30N4O4S. The Labute approximate surface area is 236 Å². The van der Waals surface area contributed by atoms with E-state index in [4.69, 9.17) is 4.74 Å². The zero-order chi connectivity index (χ0) is 27.6. The molecule has 2 amide bonds. The number of nitrogens with one attached hydrogen (secondary N) is 2. The molecule has 2 aromatic heterocycles. The van der Waals surface area contributed by atoms with Crippen molar-refractivity contribution in [2.24, 2.45) is 5.92 Å². The second-order valence-corrected chi connectivity index (χ2v) is 11.1. The molecule has 9 heteroatoms. The summed E-state index contributed by atoms with van der Waals surface area (Å²) in [5.74, 6) is 0.780. The highest BCUT2D eigenvalue weighted by atomic mass is 32.1. The monoisotopic (exact) mass is 554 g/mol. The second-order valence-electron chi connectivity index (χ2n) is 10.2. The van der Waals surface area contributed by atoms with Crippen molar-refractivity contribution >= 4 is 40.2 Å². The van der Waals surface area contributed by atoms with E-state index in [1.807, 2.05) is 53.3 Å². The van der Waals surface area contributed by atoms with Gasteiger partial charge in [0.25, 0.3) is 17.4 Å². The zero-order valence-electron chi connectivity index (χ0n) is 22.1. The number of carbonyl (C=O) groups excluding carboxylic acids is 2. The van der Waals surface area contributed by atoms with Crippen molar-refractivity contribution < 1.29 is 14.3 Å². The number of carbonyl (C=O) groups is 2. The summed E-state index contributed by atoms with van der Waals surface area (Å²) in [6.07, 6.45) is 1.03. The number of ether oxygens (including phenoxy) is 1. The summed E-state index contributed by atoms with van der Waals surface area (Å²) in [6, 6.07) is 21.8. The van der Waals surface area contributed by atoms with Crippen molar-refractivity contribution in [1.29, 1.82) is 0 Å². The Bertz CT molecular complexity index is 1600. The van der Waals surface area contributed by atoms with E-state index >= 15 is 0 Å². The normalized spacial score (nSPS) is 17.6. The number of thiophene rings is 1. The average Bonchev–Trinajstić information content (AvgIpc) is 3.50. The molecule has 4 aromatic rings. The van der Waals surface area contributed by atoms with Crippen molar-refractivity contribution in [3.05, 3.63) is 105 Å². The smallest absolute Gasteiger partial charge is 0.265 e. The van der Waals surface area contributed by atoms with Gasteiger partial charge < -0.3 is 24.8 Å². The lowest BCUT2D eigenvalue weighted by molar-refractivity contribution is 0.101. The number of nitrogens with zero attached hydrogens (tertiary/aromatic N) is 2. The molecule has 0 saturated carbocycles. The standard InChI is InChI=1S/C31H30N4O4S/c1-2-39-24-11-9-23(10-12-24)32-30(37)21-8-13-27(25(16-21)33-31(38)28-6-4-14-40-28)34-17-20-15-22(19-34)26-5-3-7-29(36)35(26)18-20/h3-14,16,20,22H,2,15,17-19H2,1H3,(H,32,37)(H,33,38). The predicted octanol–water partition coefficient (Wildman–Crippen LogP) is 5.44. The summed E-state index contributed by atoms with van der Waals surface area (Å²) in [5, 5.41) is 7.86. The molecule has 2 bridgehead atoms. The minimum atomic E-state index is -0.272. The fraction of sp³-hybridized carbons (Fsp3) is 0.258. The number of anilines is 3. The lowest BCUT2D eigenvalue weighted by Crippen LogP contribution is -2.47. The molecule has 2 unspecified atom stereocenters. The first-order chi connectivity index (χ1) is 19.5. The van der Waals surface area contributed by atoms with E-state index in [0.717, 1.165) is 36.6 Å². The summed E-state index contributed by atoms with van der Waals surface area (Å²) in [4.78, 5) is 41.6. The SMILES string of the molecule is CCOc1ccc(NC(=O)c2ccc(N3CC4CC(C3)c3cccc(=O)n3C4)c(NC(=O)c3cccs3)c2)cc1. The van der Waals surface area contributed by atoms with E-state index in [2.05, 4.69) is 15.5 Å².